The highest BCUT2D eigenvalue weighted by atomic mass is 79.9. The summed E-state index contributed by atoms with van der Waals surface area (Å²) in [4.78, 5) is -0.0710. The van der Waals surface area contributed by atoms with E-state index in [1.54, 1.807) is 12.1 Å². The van der Waals surface area contributed by atoms with Gasteiger partial charge in [0.15, 0.2) is 0 Å². The molecule has 0 saturated carbocycles. The lowest BCUT2D eigenvalue weighted by Gasteiger charge is -2.12. The predicted molar refractivity (Wildman–Crippen MR) is 83.7 cm³/mol. The van der Waals surface area contributed by atoms with Crippen LogP contribution in [0, 0.1) is 0 Å². The van der Waals surface area contributed by atoms with Crippen molar-refractivity contribution in [2.45, 2.75) is 11.4 Å². The highest BCUT2D eigenvalue weighted by molar-refractivity contribution is 9.10. The fraction of sp³-hybridized carbons (Fsp3) is 0.0769. The summed E-state index contributed by atoms with van der Waals surface area (Å²) in [7, 11) is -3.82. The molecule has 0 radical (unpaired) electrons. The maximum Gasteiger partial charge on any atom is 0.240 e. The lowest BCUT2D eigenvalue weighted by atomic mass is 10.2. The third-order valence-electron chi connectivity index (χ3n) is 2.77. The molecule has 2 aromatic rings. The minimum Gasteiger partial charge on any atom is -0.396 e. The van der Waals surface area contributed by atoms with Crippen LogP contribution in [0.1, 0.15) is 5.56 Å². The Morgan fingerprint density at radius 2 is 1.75 bits per heavy atom. The zero-order chi connectivity index (χ0) is 14.8. The molecule has 20 heavy (non-hydrogen) atoms. The van der Waals surface area contributed by atoms with Crippen LogP contribution in [0.4, 0.5) is 11.4 Å². The topological polar surface area (TPSA) is 98.2 Å². The second-order valence-electron chi connectivity index (χ2n) is 4.24. The summed E-state index contributed by atoms with van der Waals surface area (Å²) in [5.41, 5.74) is 7.55. The van der Waals surface area contributed by atoms with E-state index in [4.69, 9.17) is 10.9 Å². The normalized spacial score (nSPS) is 11.3. The Bertz CT molecular complexity index is 715. The molecule has 5 nitrogen and oxygen atoms in total. The number of hydrogen-bond acceptors (Lipinski definition) is 4. The van der Waals surface area contributed by atoms with Crippen LogP contribution in [-0.2, 0) is 16.6 Å². The molecule has 0 aliphatic heterocycles. The number of nitrogens with one attached hydrogen (secondary N) is 1. The van der Waals surface area contributed by atoms with Crippen molar-refractivity contribution < 1.29 is 8.42 Å². The first kappa shape index (κ1) is 14.8. The van der Waals surface area contributed by atoms with Gasteiger partial charge in [0.25, 0.3) is 0 Å². The standard InChI is InChI=1S/C13H14BrN3O2S/c14-10-6-4-9(5-7-10)8-17-11-2-1-3-12(13(11)15)20(16,18)19/h1-7,17H,8,15H2,(H2,16,18,19). The second-order valence-corrected chi connectivity index (χ2v) is 6.69. The fourth-order valence-electron chi connectivity index (χ4n) is 1.75. The summed E-state index contributed by atoms with van der Waals surface area (Å²) < 4.78 is 23.8. The summed E-state index contributed by atoms with van der Waals surface area (Å²) >= 11 is 3.36. The van der Waals surface area contributed by atoms with Crippen LogP contribution in [0.3, 0.4) is 0 Å². The van der Waals surface area contributed by atoms with Crippen molar-refractivity contribution in [1.82, 2.24) is 0 Å². The molecular weight excluding hydrogens is 342 g/mol. The Morgan fingerprint density at radius 3 is 2.35 bits per heavy atom. The second kappa shape index (κ2) is 5.82. The molecule has 0 unspecified atom stereocenters. The van der Waals surface area contributed by atoms with E-state index in [1.807, 2.05) is 24.3 Å². The van der Waals surface area contributed by atoms with Crippen LogP contribution in [0.5, 0.6) is 0 Å². The smallest absolute Gasteiger partial charge is 0.240 e. The van der Waals surface area contributed by atoms with Crippen molar-refractivity contribution in [2.75, 3.05) is 11.1 Å². The Morgan fingerprint density at radius 1 is 1.10 bits per heavy atom. The van der Waals surface area contributed by atoms with Gasteiger partial charge >= 0.3 is 0 Å². The molecule has 0 spiro atoms. The van der Waals surface area contributed by atoms with Crippen LogP contribution < -0.4 is 16.2 Å². The number of primary sulfonamides is 1. The molecule has 0 aromatic heterocycles. The molecule has 0 amide bonds. The van der Waals surface area contributed by atoms with Gasteiger partial charge in [-0.15, -0.1) is 0 Å². The van der Waals surface area contributed by atoms with E-state index in [0.717, 1.165) is 10.0 Å². The van der Waals surface area contributed by atoms with Gasteiger partial charge in [0.1, 0.15) is 4.90 Å². The quantitative estimate of drug-likeness (QED) is 0.732. The van der Waals surface area contributed by atoms with Gasteiger partial charge in [-0.05, 0) is 29.8 Å². The zero-order valence-electron chi connectivity index (χ0n) is 10.5. The minimum atomic E-state index is -3.82. The molecule has 0 atom stereocenters. The Hall–Kier alpha value is -1.57. The van der Waals surface area contributed by atoms with E-state index in [-0.39, 0.29) is 10.6 Å². The van der Waals surface area contributed by atoms with Crippen molar-refractivity contribution in [3.05, 3.63) is 52.5 Å². The maximum absolute atomic E-state index is 11.4. The molecule has 0 bridgehead atoms. The zero-order valence-corrected chi connectivity index (χ0v) is 12.9. The van der Waals surface area contributed by atoms with E-state index in [9.17, 15) is 8.42 Å². The van der Waals surface area contributed by atoms with Crippen molar-refractivity contribution in [1.29, 1.82) is 0 Å². The highest BCUT2D eigenvalue weighted by Crippen LogP contribution is 2.26. The first-order chi connectivity index (χ1) is 9.38. The number of nitrogens with two attached hydrogens (primary N) is 2. The van der Waals surface area contributed by atoms with Gasteiger partial charge in [-0.2, -0.15) is 0 Å². The molecular formula is C13H14BrN3O2S. The van der Waals surface area contributed by atoms with Gasteiger partial charge in [0, 0.05) is 11.0 Å². The molecule has 7 heteroatoms. The lowest BCUT2D eigenvalue weighted by Crippen LogP contribution is -2.15. The molecule has 0 aliphatic carbocycles. The molecule has 0 fully saturated rings. The molecule has 0 saturated heterocycles. The summed E-state index contributed by atoms with van der Waals surface area (Å²) in [6.07, 6.45) is 0. The number of sulfonamides is 1. The largest absolute Gasteiger partial charge is 0.396 e. The van der Waals surface area contributed by atoms with Crippen molar-refractivity contribution >= 4 is 37.3 Å². The van der Waals surface area contributed by atoms with Gasteiger partial charge in [-0.3, -0.25) is 0 Å². The summed E-state index contributed by atoms with van der Waals surface area (Å²) in [6.45, 7) is 0.533. The van der Waals surface area contributed by atoms with Crippen molar-refractivity contribution in [3.63, 3.8) is 0 Å². The Balaban J connectivity index is 2.20. The van der Waals surface area contributed by atoms with Crippen LogP contribution >= 0.6 is 15.9 Å². The van der Waals surface area contributed by atoms with Crippen molar-refractivity contribution in [2.24, 2.45) is 5.14 Å². The molecule has 2 aromatic carbocycles. The highest BCUT2D eigenvalue weighted by Gasteiger charge is 2.14. The average Bonchev–Trinajstić information content (AvgIpc) is 2.38. The van der Waals surface area contributed by atoms with Gasteiger partial charge < -0.3 is 11.1 Å². The van der Waals surface area contributed by atoms with E-state index in [1.165, 1.54) is 6.07 Å². The van der Waals surface area contributed by atoms with Crippen LogP contribution in [0.15, 0.2) is 51.8 Å². The number of nitrogen functional groups attached to an aromatic ring is 1. The number of halogens is 1. The molecule has 0 aliphatic rings. The first-order valence-electron chi connectivity index (χ1n) is 5.77. The van der Waals surface area contributed by atoms with Gasteiger partial charge in [0.05, 0.1) is 11.4 Å². The SMILES string of the molecule is Nc1c(NCc2ccc(Br)cc2)cccc1S(N)(=O)=O. The maximum atomic E-state index is 11.4. The van der Waals surface area contributed by atoms with E-state index in [0.29, 0.717) is 12.2 Å². The minimum absolute atomic E-state index is 0.0710. The van der Waals surface area contributed by atoms with Gasteiger partial charge in [-0.1, -0.05) is 34.1 Å². The number of para-hydroxylation sites is 1. The third kappa shape index (κ3) is 3.50. The number of benzene rings is 2. The summed E-state index contributed by atoms with van der Waals surface area (Å²) in [5, 5.41) is 8.21. The van der Waals surface area contributed by atoms with E-state index >= 15 is 0 Å². The number of anilines is 2. The van der Waals surface area contributed by atoms with Crippen molar-refractivity contribution in [3.8, 4) is 0 Å². The Labute approximate surface area is 126 Å². The average molecular weight is 356 g/mol. The number of hydrogen-bond donors (Lipinski definition) is 3. The van der Waals surface area contributed by atoms with Gasteiger partial charge in [-0.25, -0.2) is 13.6 Å². The van der Waals surface area contributed by atoms with Crippen LogP contribution in [-0.4, -0.2) is 8.42 Å². The molecule has 5 N–H and O–H groups in total. The van der Waals surface area contributed by atoms with Crippen LogP contribution in [0.2, 0.25) is 0 Å². The first-order valence-corrected chi connectivity index (χ1v) is 8.11. The van der Waals surface area contributed by atoms with Crippen LogP contribution in [0.25, 0.3) is 0 Å². The van der Waals surface area contributed by atoms with E-state index in [2.05, 4.69) is 21.2 Å². The third-order valence-corrected chi connectivity index (χ3v) is 4.27. The number of rotatable bonds is 4. The fourth-order valence-corrected chi connectivity index (χ4v) is 2.69. The molecule has 0 heterocycles. The summed E-state index contributed by atoms with van der Waals surface area (Å²) in [6, 6.07) is 12.5. The molecule has 2 rings (SSSR count). The Kier molecular flexibility index (Phi) is 4.32. The summed E-state index contributed by atoms with van der Waals surface area (Å²) in [5.74, 6) is 0. The lowest BCUT2D eigenvalue weighted by molar-refractivity contribution is 0.598. The van der Waals surface area contributed by atoms with Gasteiger partial charge in [0.2, 0.25) is 10.0 Å². The molecule has 106 valence electrons. The predicted octanol–water partition coefficient (Wildman–Crippen LogP) is 2.29. The monoisotopic (exact) mass is 355 g/mol. The van der Waals surface area contributed by atoms with E-state index < -0.39 is 10.0 Å².